The van der Waals surface area contributed by atoms with Gasteiger partial charge in [-0.2, -0.15) is 11.8 Å². The fraction of sp³-hybridized carbons (Fsp3) is 0.333. The van der Waals surface area contributed by atoms with Gasteiger partial charge in [0.1, 0.15) is 5.75 Å². The van der Waals surface area contributed by atoms with Crippen molar-refractivity contribution in [1.29, 1.82) is 0 Å². The Hall–Kier alpha value is -1.49. The van der Waals surface area contributed by atoms with Crippen molar-refractivity contribution in [2.75, 3.05) is 25.7 Å². The van der Waals surface area contributed by atoms with Crippen LogP contribution in [-0.4, -0.2) is 30.8 Å². The average molecular weight is 317 g/mol. The maximum Gasteiger partial charge on any atom is 0.118 e. The Kier molecular flexibility index (Phi) is 6.77. The number of hydrogen-bond acceptors (Lipinski definition) is 4. The smallest absolute Gasteiger partial charge is 0.118 e. The minimum Gasteiger partial charge on any atom is -0.497 e. The Balaban J connectivity index is 1.96. The van der Waals surface area contributed by atoms with Crippen molar-refractivity contribution >= 4 is 11.8 Å². The monoisotopic (exact) mass is 317 g/mol. The number of hydrogen-bond donors (Lipinski definition) is 2. The first-order chi connectivity index (χ1) is 10.7. The molecule has 3 nitrogen and oxygen atoms in total. The third kappa shape index (κ3) is 4.77. The van der Waals surface area contributed by atoms with Crippen molar-refractivity contribution in [3.05, 3.63) is 65.7 Å². The van der Waals surface area contributed by atoms with Gasteiger partial charge in [0.15, 0.2) is 0 Å². The second kappa shape index (κ2) is 8.83. The van der Waals surface area contributed by atoms with Gasteiger partial charge in [0.2, 0.25) is 0 Å². The summed E-state index contributed by atoms with van der Waals surface area (Å²) >= 11 is 1.80. The van der Waals surface area contributed by atoms with Gasteiger partial charge in [0.25, 0.3) is 0 Å². The summed E-state index contributed by atoms with van der Waals surface area (Å²) in [5, 5.41) is 13.8. The molecule has 2 unspecified atom stereocenters. The largest absolute Gasteiger partial charge is 0.497 e. The molecule has 2 atom stereocenters. The van der Waals surface area contributed by atoms with Crippen molar-refractivity contribution in [2.45, 2.75) is 12.1 Å². The highest BCUT2D eigenvalue weighted by atomic mass is 32.2. The lowest BCUT2D eigenvalue weighted by Crippen LogP contribution is -2.28. The zero-order chi connectivity index (χ0) is 15.8. The second-order valence-corrected chi connectivity index (χ2v) is 6.03. The van der Waals surface area contributed by atoms with Gasteiger partial charge >= 0.3 is 0 Å². The molecule has 0 heterocycles. The first-order valence-corrected chi connectivity index (χ1v) is 8.73. The molecule has 0 aliphatic heterocycles. The fourth-order valence-electron chi connectivity index (χ4n) is 2.32. The fourth-order valence-corrected chi connectivity index (χ4v) is 2.97. The number of ether oxygens (including phenoxy) is 1. The predicted molar refractivity (Wildman–Crippen MR) is 93.5 cm³/mol. The quantitative estimate of drug-likeness (QED) is 0.783. The Morgan fingerprint density at radius 2 is 1.73 bits per heavy atom. The van der Waals surface area contributed by atoms with Crippen LogP contribution in [0.15, 0.2) is 54.6 Å². The molecular weight excluding hydrogens is 294 g/mol. The highest BCUT2D eigenvalue weighted by molar-refractivity contribution is 7.98. The number of nitrogens with one attached hydrogen (secondary N) is 1. The standard InChI is InChI=1S/C18H23NO2S/c1-21-16-10-8-15(9-11-16)18(20)12-19-17(13-22-2)14-6-4-3-5-7-14/h3-11,17-20H,12-13H2,1-2H3. The molecule has 0 aromatic heterocycles. The van der Waals surface area contributed by atoms with Crippen molar-refractivity contribution in [3.63, 3.8) is 0 Å². The van der Waals surface area contributed by atoms with Crippen molar-refractivity contribution < 1.29 is 9.84 Å². The summed E-state index contributed by atoms with van der Waals surface area (Å²) in [5.74, 6) is 1.77. The molecular formula is C18H23NO2S. The lowest BCUT2D eigenvalue weighted by molar-refractivity contribution is 0.171. The number of thioether (sulfide) groups is 1. The maximum absolute atomic E-state index is 10.3. The van der Waals surface area contributed by atoms with Gasteiger partial charge in [0, 0.05) is 18.3 Å². The zero-order valence-electron chi connectivity index (χ0n) is 13.0. The molecule has 0 amide bonds. The van der Waals surface area contributed by atoms with Crippen LogP contribution < -0.4 is 10.1 Å². The summed E-state index contributed by atoms with van der Waals surface area (Å²) in [6.07, 6.45) is 1.57. The van der Waals surface area contributed by atoms with Crippen molar-refractivity contribution in [1.82, 2.24) is 5.32 Å². The molecule has 0 saturated carbocycles. The van der Waals surface area contributed by atoms with E-state index in [0.29, 0.717) is 6.54 Å². The molecule has 0 spiro atoms. The van der Waals surface area contributed by atoms with Gasteiger partial charge < -0.3 is 15.2 Å². The molecule has 2 rings (SSSR count). The topological polar surface area (TPSA) is 41.5 Å². The molecule has 2 aromatic carbocycles. The molecule has 118 valence electrons. The van der Waals surface area contributed by atoms with Gasteiger partial charge in [0.05, 0.1) is 13.2 Å². The summed E-state index contributed by atoms with van der Waals surface area (Å²) in [6.45, 7) is 0.520. The summed E-state index contributed by atoms with van der Waals surface area (Å²) in [6, 6.07) is 18.1. The Bertz CT molecular complexity index is 545. The van der Waals surface area contributed by atoms with E-state index in [1.807, 2.05) is 42.5 Å². The first kappa shape index (κ1) is 16.9. The number of aliphatic hydroxyl groups is 1. The Morgan fingerprint density at radius 1 is 1.05 bits per heavy atom. The van der Waals surface area contributed by atoms with Crippen molar-refractivity contribution in [2.24, 2.45) is 0 Å². The molecule has 0 aliphatic rings. The number of rotatable bonds is 8. The predicted octanol–water partition coefficient (Wildman–Crippen LogP) is 3.42. The van der Waals surface area contributed by atoms with Crippen LogP contribution in [0.1, 0.15) is 23.3 Å². The van der Waals surface area contributed by atoms with E-state index in [9.17, 15) is 5.11 Å². The molecule has 0 saturated heterocycles. The Morgan fingerprint density at radius 3 is 2.32 bits per heavy atom. The van der Waals surface area contributed by atoms with E-state index in [2.05, 4.69) is 23.7 Å². The van der Waals surface area contributed by atoms with Crippen LogP contribution in [0.25, 0.3) is 0 Å². The molecule has 0 bridgehead atoms. The van der Waals surface area contributed by atoms with Crippen LogP contribution in [0.5, 0.6) is 5.75 Å². The highest BCUT2D eigenvalue weighted by Gasteiger charge is 2.13. The number of methoxy groups -OCH3 is 1. The maximum atomic E-state index is 10.3. The van der Waals surface area contributed by atoms with Gasteiger partial charge in [-0.05, 0) is 29.5 Å². The van der Waals surface area contributed by atoms with E-state index in [-0.39, 0.29) is 6.04 Å². The van der Waals surface area contributed by atoms with Crippen LogP contribution in [0.4, 0.5) is 0 Å². The minimum atomic E-state index is -0.529. The van der Waals surface area contributed by atoms with Crippen molar-refractivity contribution in [3.8, 4) is 5.75 Å². The molecule has 2 aromatic rings. The highest BCUT2D eigenvalue weighted by Crippen LogP contribution is 2.20. The van der Waals surface area contributed by atoms with Gasteiger partial charge in [-0.1, -0.05) is 42.5 Å². The normalized spacial score (nSPS) is 13.6. The van der Waals surface area contributed by atoms with E-state index >= 15 is 0 Å². The summed E-state index contributed by atoms with van der Waals surface area (Å²) in [5.41, 5.74) is 2.14. The lowest BCUT2D eigenvalue weighted by atomic mass is 10.1. The summed E-state index contributed by atoms with van der Waals surface area (Å²) < 4.78 is 5.14. The third-order valence-electron chi connectivity index (χ3n) is 3.59. The molecule has 2 N–H and O–H groups in total. The SMILES string of the molecule is COc1ccc(C(O)CNC(CSC)c2ccccc2)cc1. The summed E-state index contributed by atoms with van der Waals surface area (Å²) in [7, 11) is 1.64. The molecule has 0 aliphatic carbocycles. The Labute approximate surface area is 136 Å². The third-order valence-corrected chi connectivity index (χ3v) is 4.26. The van der Waals surface area contributed by atoms with E-state index in [4.69, 9.17) is 4.74 Å². The number of aliphatic hydroxyl groups excluding tert-OH is 1. The van der Waals surface area contributed by atoms with Crippen LogP contribution in [0, 0.1) is 0 Å². The lowest BCUT2D eigenvalue weighted by Gasteiger charge is -2.21. The van der Waals surface area contributed by atoms with Crippen LogP contribution in [0.2, 0.25) is 0 Å². The minimum absolute atomic E-state index is 0.240. The molecule has 0 fully saturated rings. The van der Waals surface area contributed by atoms with Crippen LogP contribution >= 0.6 is 11.8 Å². The van der Waals surface area contributed by atoms with E-state index in [0.717, 1.165) is 17.1 Å². The second-order valence-electron chi connectivity index (χ2n) is 5.12. The van der Waals surface area contributed by atoms with E-state index in [1.54, 1.807) is 18.9 Å². The summed E-state index contributed by atoms with van der Waals surface area (Å²) in [4.78, 5) is 0. The van der Waals surface area contributed by atoms with Crippen LogP contribution in [0.3, 0.4) is 0 Å². The van der Waals surface area contributed by atoms with Gasteiger partial charge in [-0.15, -0.1) is 0 Å². The zero-order valence-corrected chi connectivity index (χ0v) is 13.8. The average Bonchev–Trinajstić information content (AvgIpc) is 2.59. The molecule has 0 radical (unpaired) electrons. The van der Waals surface area contributed by atoms with E-state index in [1.165, 1.54) is 5.56 Å². The van der Waals surface area contributed by atoms with Gasteiger partial charge in [-0.3, -0.25) is 0 Å². The van der Waals surface area contributed by atoms with Crippen LogP contribution in [-0.2, 0) is 0 Å². The van der Waals surface area contributed by atoms with Gasteiger partial charge in [-0.25, -0.2) is 0 Å². The first-order valence-electron chi connectivity index (χ1n) is 7.34. The number of benzene rings is 2. The molecule has 4 heteroatoms. The van der Waals surface area contributed by atoms with E-state index < -0.39 is 6.10 Å². The molecule has 22 heavy (non-hydrogen) atoms.